The van der Waals surface area contributed by atoms with Gasteiger partial charge in [-0.25, -0.2) is 4.79 Å². The molecule has 5 heteroatoms. The Kier molecular flexibility index (Phi) is 6.11. The van der Waals surface area contributed by atoms with Gasteiger partial charge in [-0.3, -0.25) is 0 Å². The second kappa shape index (κ2) is 8.22. The van der Waals surface area contributed by atoms with E-state index in [1.165, 1.54) is 28.8 Å². The number of rotatable bonds is 3. The molecule has 1 aromatic rings. The maximum absolute atomic E-state index is 12.5. The summed E-state index contributed by atoms with van der Waals surface area (Å²) in [5.74, 6) is 1.67. The minimum atomic E-state index is -0.463. The van der Waals surface area contributed by atoms with Crippen molar-refractivity contribution in [2.24, 2.45) is 5.92 Å². The van der Waals surface area contributed by atoms with Gasteiger partial charge in [0.25, 0.3) is 0 Å². The van der Waals surface area contributed by atoms with Crippen LogP contribution in [0.2, 0.25) is 0 Å². The van der Waals surface area contributed by atoms with E-state index in [4.69, 9.17) is 9.47 Å². The van der Waals surface area contributed by atoms with Crippen LogP contribution in [-0.2, 0) is 17.6 Å². The summed E-state index contributed by atoms with van der Waals surface area (Å²) < 4.78 is 11.6. The van der Waals surface area contributed by atoms with Crippen molar-refractivity contribution in [1.82, 2.24) is 4.90 Å². The van der Waals surface area contributed by atoms with E-state index < -0.39 is 5.60 Å². The van der Waals surface area contributed by atoms with Crippen molar-refractivity contribution in [1.29, 1.82) is 0 Å². The van der Waals surface area contributed by atoms with Gasteiger partial charge in [0, 0.05) is 19.6 Å². The van der Waals surface area contributed by atoms with E-state index in [1.54, 1.807) is 0 Å². The molecule has 156 valence electrons. The van der Waals surface area contributed by atoms with E-state index in [0.717, 1.165) is 38.3 Å². The maximum Gasteiger partial charge on any atom is 0.410 e. The summed E-state index contributed by atoms with van der Waals surface area (Å²) >= 11 is 0. The van der Waals surface area contributed by atoms with Gasteiger partial charge < -0.3 is 19.3 Å². The first-order valence-electron chi connectivity index (χ1n) is 10.7. The van der Waals surface area contributed by atoms with E-state index in [-0.39, 0.29) is 6.09 Å². The standard InChI is InChI=1S/C23H36N2O3/c1-7-16(2)15-25-12-13-27-20-14-18-8-10-24(22(26)28-23(4,5)6)11-9-19(18)17(3)21(20)25/h14,16H,7-13,15H2,1-6H3. The van der Waals surface area contributed by atoms with E-state index in [9.17, 15) is 4.79 Å². The zero-order valence-electron chi connectivity index (χ0n) is 18.4. The summed E-state index contributed by atoms with van der Waals surface area (Å²) in [4.78, 5) is 16.9. The average molecular weight is 389 g/mol. The van der Waals surface area contributed by atoms with Crippen molar-refractivity contribution in [3.8, 4) is 5.75 Å². The van der Waals surface area contributed by atoms with Crippen molar-refractivity contribution in [2.45, 2.75) is 66.4 Å². The van der Waals surface area contributed by atoms with Gasteiger partial charge in [0.1, 0.15) is 18.0 Å². The van der Waals surface area contributed by atoms with Gasteiger partial charge in [0.2, 0.25) is 0 Å². The lowest BCUT2D eigenvalue weighted by Crippen LogP contribution is -2.38. The largest absolute Gasteiger partial charge is 0.490 e. The fraction of sp³-hybridized carbons (Fsp3) is 0.696. The van der Waals surface area contributed by atoms with Crippen LogP contribution in [0.3, 0.4) is 0 Å². The molecule has 0 saturated heterocycles. The van der Waals surface area contributed by atoms with Crippen LogP contribution in [-0.4, -0.2) is 49.4 Å². The van der Waals surface area contributed by atoms with E-state index in [1.807, 2.05) is 25.7 Å². The molecule has 1 unspecified atom stereocenters. The summed E-state index contributed by atoms with van der Waals surface area (Å²) in [6.45, 7) is 16.7. The topological polar surface area (TPSA) is 42.0 Å². The summed E-state index contributed by atoms with van der Waals surface area (Å²) in [5.41, 5.74) is 4.81. The average Bonchev–Trinajstić information content (AvgIpc) is 2.83. The van der Waals surface area contributed by atoms with E-state index >= 15 is 0 Å². The molecule has 1 atom stereocenters. The van der Waals surface area contributed by atoms with Crippen LogP contribution < -0.4 is 9.64 Å². The van der Waals surface area contributed by atoms with Crippen LogP contribution in [0, 0.1) is 12.8 Å². The molecule has 1 amide bonds. The number of carbonyl (C=O) groups is 1. The Morgan fingerprint density at radius 1 is 1.25 bits per heavy atom. The van der Waals surface area contributed by atoms with Crippen LogP contribution in [0.25, 0.3) is 0 Å². The molecule has 2 aliphatic heterocycles. The monoisotopic (exact) mass is 388 g/mol. The molecule has 2 aliphatic rings. The van der Waals surface area contributed by atoms with Crippen molar-refractivity contribution < 1.29 is 14.3 Å². The van der Waals surface area contributed by atoms with Crippen LogP contribution in [0.15, 0.2) is 6.07 Å². The maximum atomic E-state index is 12.5. The van der Waals surface area contributed by atoms with Gasteiger partial charge in [0.05, 0.1) is 12.2 Å². The second-order valence-electron chi connectivity index (χ2n) is 9.26. The smallest absolute Gasteiger partial charge is 0.410 e. The number of ether oxygens (including phenoxy) is 2. The van der Waals surface area contributed by atoms with Gasteiger partial charge in [-0.2, -0.15) is 0 Å². The second-order valence-corrected chi connectivity index (χ2v) is 9.26. The Hall–Kier alpha value is -1.91. The molecule has 3 rings (SSSR count). The number of carbonyl (C=O) groups excluding carboxylic acids is 1. The molecule has 0 aliphatic carbocycles. The highest BCUT2D eigenvalue weighted by atomic mass is 16.6. The van der Waals surface area contributed by atoms with E-state index in [2.05, 4.69) is 31.7 Å². The lowest BCUT2D eigenvalue weighted by Gasteiger charge is -2.35. The van der Waals surface area contributed by atoms with Gasteiger partial charge in [-0.15, -0.1) is 0 Å². The molecule has 0 spiro atoms. The molecule has 5 nitrogen and oxygen atoms in total. The first kappa shape index (κ1) is 20.8. The molecule has 0 fully saturated rings. The van der Waals surface area contributed by atoms with Gasteiger partial charge in [-0.1, -0.05) is 20.3 Å². The molecule has 0 bridgehead atoms. The first-order chi connectivity index (χ1) is 13.2. The number of fused-ring (bicyclic) bond motifs is 2. The quantitative estimate of drug-likeness (QED) is 0.760. The minimum Gasteiger partial charge on any atom is -0.490 e. The Morgan fingerprint density at radius 3 is 2.64 bits per heavy atom. The number of hydrogen-bond donors (Lipinski definition) is 0. The molecule has 0 saturated carbocycles. The normalized spacial score (nSPS) is 17.9. The fourth-order valence-corrected chi connectivity index (χ4v) is 4.14. The number of nitrogens with zero attached hydrogens (tertiary/aromatic N) is 2. The molecule has 0 N–H and O–H groups in total. The summed E-state index contributed by atoms with van der Waals surface area (Å²) in [6.07, 6.45) is 2.68. The molecule has 0 aromatic heterocycles. The molecule has 28 heavy (non-hydrogen) atoms. The van der Waals surface area contributed by atoms with Gasteiger partial charge in [-0.05, 0) is 69.2 Å². The van der Waals surface area contributed by atoms with Crippen LogP contribution >= 0.6 is 0 Å². The molecular weight excluding hydrogens is 352 g/mol. The molecule has 1 aromatic carbocycles. The highest BCUT2D eigenvalue weighted by molar-refractivity contribution is 5.71. The highest BCUT2D eigenvalue weighted by Gasteiger charge is 2.29. The summed E-state index contributed by atoms with van der Waals surface area (Å²) in [7, 11) is 0. The fourth-order valence-electron chi connectivity index (χ4n) is 4.14. The third-order valence-corrected chi connectivity index (χ3v) is 5.83. The minimum absolute atomic E-state index is 0.211. The van der Waals surface area contributed by atoms with Crippen molar-refractivity contribution in [2.75, 3.05) is 37.7 Å². The Bertz CT molecular complexity index is 724. The van der Waals surface area contributed by atoms with Crippen LogP contribution in [0.1, 0.15) is 57.7 Å². The van der Waals surface area contributed by atoms with E-state index in [0.29, 0.717) is 19.0 Å². The van der Waals surface area contributed by atoms with Crippen molar-refractivity contribution in [3.05, 3.63) is 22.8 Å². The predicted molar refractivity (Wildman–Crippen MR) is 114 cm³/mol. The number of hydrogen-bond acceptors (Lipinski definition) is 4. The van der Waals surface area contributed by atoms with Crippen LogP contribution in [0.4, 0.5) is 10.5 Å². The van der Waals surface area contributed by atoms with Crippen LogP contribution in [0.5, 0.6) is 5.75 Å². The Balaban J connectivity index is 1.84. The Morgan fingerprint density at radius 2 is 1.96 bits per heavy atom. The Labute approximate surface area is 170 Å². The summed E-state index contributed by atoms with van der Waals surface area (Å²) in [5, 5.41) is 0. The zero-order valence-corrected chi connectivity index (χ0v) is 18.4. The zero-order chi connectivity index (χ0) is 20.5. The highest BCUT2D eigenvalue weighted by Crippen LogP contribution is 2.40. The lowest BCUT2D eigenvalue weighted by molar-refractivity contribution is 0.0258. The van der Waals surface area contributed by atoms with Gasteiger partial charge in [0.15, 0.2) is 0 Å². The number of benzene rings is 1. The van der Waals surface area contributed by atoms with Gasteiger partial charge >= 0.3 is 6.09 Å². The third-order valence-electron chi connectivity index (χ3n) is 5.83. The first-order valence-corrected chi connectivity index (χ1v) is 10.7. The third kappa shape index (κ3) is 4.56. The SMILES string of the molecule is CCC(C)CN1CCOc2cc3c(c(C)c21)CCN(C(=O)OC(C)(C)C)CC3. The molecule has 2 heterocycles. The number of anilines is 1. The van der Waals surface area contributed by atoms with Crippen molar-refractivity contribution in [3.63, 3.8) is 0 Å². The molecular formula is C23H36N2O3. The number of amides is 1. The summed E-state index contributed by atoms with van der Waals surface area (Å²) in [6, 6.07) is 2.22. The lowest BCUT2D eigenvalue weighted by atomic mass is 9.94. The molecule has 0 radical (unpaired) electrons. The van der Waals surface area contributed by atoms with Crippen molar-refractivity contribution >= 4 is 11.8 Å². The predicted octanol–water partition coefficient (Wildman–Crippen LogP) is 4.58.